The summed E-state index contributed by atoms with van der Waals surface area (Å²) in [4.78, 5) is 29.1. The number of likely N-dealkylation sites (tertiary alicyclic amines) is 1. The lowest BCUT2D eigenvalue weighted by atomic mass is 9.93. The molecule has 6 nitrogen and oxygen atoms in total. The Morgan fingerprint density at radius 2 is 1.84 bits per heavy atom. The van der Waals surface area contributed by atoms with Crippen molar-refractivity contribution in [1.82, 2.24) is 9.80 Å². The Labute approximate surface area is 185 Å². The molecule has 2 aromatic carbocycles. The van der Waals surface area contributed by atoms with Crippen molar-refractivity contribution in [1.29, 1.82) is 0 Å². The number of hydrogen-bond donors (Lipinski definition) is 0. The summed E-state index contributed by atoms with van der Waals surface area (Å²) in [6, 6.07) is 12.5. The maximum Gasteiger partial charge on any atom is 0.415 e. The number of likely N-dealkylation sites (N-methyl/N-ethyl adjacent to an activating group) is 1. The van der Waals surface area contributed by atoms with Crippen LogP contribution < -0.4 is 4.74 Å². The summed E-state index contributed by atoms with van der Waals surface area (Å²) in [5.74, 6) is -0.318. The van der Waals surface area contributed by atoms with Crippen molar-refractivity contribution >= 4 is 23.6 Å². The molecule has 0 aromatic heterocycles. The molecule has 2 heterocycles. The van der Waals surface area contributed by atoms with Gasteiger partial charge in [-0.1, -0.05) is 23.7 Å². The standard InChI is InChI=1S/C23H24ClFN2O4/c1-26(23(29)31-19-8-6-18(25)7-9-19)21-13-27(22(28)16-10-11-30-14-16)12-20(21)15-2-4-17(24)5-3-15/h2-9,16,20-21H,10-14H2,1H3. The fourth-order valence-corrected chi connectivity index (χ4v) is 4.32. The molecule has 2 saturated heterocycles. The second-order valence-corrected chi connectivity index (χ2v) is 8.40. The SMILES string of the molecule is CN(C(=O)Oc1ccc(F)cc1)C1CN(C(=O)C2CCOC2)CC1c1ccc(Cl)cc1. The van der Waals surface area contributed by atoms with Gasteiger partial charge in [0.15, 0.2) is 0 Å². The van der Waals surface area contributed by atoms with E-state index in [-0.39, 0.29) is 29.5 Å². The summed E-state index contributed by atoms with van der Waals surface area (Å²) in [7, 11) is 1.66. The fraction of sp³-hybridized carbons (Fsp3) is 0.391. The zero-order valence-corrected chi connectivity index (χ0v) is 17.9. The first kappa shape index (κ1) is 21.6. The van der Waals surface area contributed by atoms with Gasteiger partial charge in [-0.25, -0.2) is 9.18 Å². The van der Waals surface area contributed by atoms with Crippen molar-refractivity contribution < 1.29 is 23.5 Å². The van der Waals surface area contributed by atoms with Gasteiger partial charge in [-0.05, 0) is 48.4 Å². The molecule has 0 spiro atoms. The minimum atomic E-state index is -0.561. The number of nitrogens with zero attached hydrogens (tertiary/aromatic N) is 2. The number of ether oxygens (including phenoxy) is 2. The van der Waals surface area contributed by atoms with Crippen LogP contribution in [0.3, 0.4) is 0 Å². The lowest BCUT2D eigenvalue weighted by Crippen LogP contribution is -2.44. The van der Waals surface area contributed by atoms with E-state index in [1.165, 1.54) is 29.2 Å². The summed E-state index contributed by atoms with van der Waals surface area (Å²) in [6.45, 7) is 1.93. The van der Waals surface area contributed by atoms with Crippen molar-refractivity contribution in [2.75, 3.05) is 33.4 Å². The molecular formula is C23H24ClFN2O4. The first-order chi connectivity index (χ1) is 14.9. The third-order valence-electron chi connectivity index (χ3n) is 5.98. The van der Waals surface area contributed by atoms with Crippen LogP contribution in [0.1, 0.15) is 17.9 Å². The van der Waals surface area contributed by atoms with E-state index in [9.17, 15) is 14.0 Å². The molecule has 0 bridgehead atoms. The van der Waals surface area contributed by atoms with Crippen LogP contribution in [0.25, 0.3) is 0 Å². The van der Waals surface area contributed by atoms with E-state index in [1.54, 1.807) is 19.2 Å². The molecule has 0 aliphatic carbocycles. The molecule has 3 atom stereocenters. The second kappa shape index (κ2) is 9.24. The molecule has 2 fully saturated rings. The van der Waals surface area contributed by atoms with Crippen LogP contribution >= 0.6 is 11.6 Å². The molecule has 8 heteroatoms. The van der Waals surface area contributed by atoms with Crippen LogP contribution in [-0.2, 0) is 9.53 Å². The maximum atomic E-state index is 13.1. The number of benzene rings is 2. The minimum Gasteiger partial charge on any atom is -0.410 e. The summed E-state index contributed by atoms with van der Waals surface area (Å²) in [5, 5.41) is 0.624. The number of carbonyl (C=O) groups is 2. The molecule has 0 N–H and O–H groups in total. The Morgan fingerprint density at radius 1 is 1.13 bits per heavy atom. The highest BCUT2D eigenvalue weighted by Gasteiger charge is 2.42. The smallest absolute Gasteiger partial charge is 0.410 e. The third-order valence-corrected chi connectivity index (χ3v) is 6.23. The molecule has 2 aromatic rings. The van der Waals surface area contributed by atoms with Gasteiger partial charge in [0.05, 0.1) is 18.6 Å². The molecule has 3 unspecified atom stereocenters. The molecular weight excluding hydrogens is 423 g/mol. The first-order valence-electron chi connectivity index (χ1n) is 10.2. The Bertz CT molecular complexity index is 932. The molecule has 164 valence electrons. The quantitative estimate of drug-likeness (QED) is 0.713. The average Bonchev–Trinajstić information content (AvgIpc) is 3.45. The van der Waals surface area contributed by atoms with Crippen molar-refractivity contribution in [2.24, 2.45) is 5.92 Å². The third kappa shape index (κ3) is 4.83. The van der Waals surface area contributed by atoms with Gasteiger partial charge in [-0.2, -0.15) is 0 Å². The largest absolute Gasteiger partial charge is 0.415 e. The van der Waals surface area contributed by atoms with Crippen molar-refractivity contribution in [3.63, 3.8) is 0 Å². The lowest BCUT2D eigenvalue weighted by Gasteiger charge is -2.28. The highest BCUT2D eigenvalue weighted by molar-refractivity contribution is 6.30. The van der Waals surface area contributed by atoms with Crippen LogP contribution in [0.15, 0.2) is 48.5 Å². The number of rotatable bonds is 4. The van der Waals surface area contributed by atoms with E-state index in [2.05, 4.69) is 0 Å². The molecule has 2 aliphatic rings. The van der Waals surface area contributed by atoms with Crippen LogP contribution in [-0.4, -0.2) is 61.2 Å². The summed E-state index contributed by atoms with van der Waals surface area (Å²) >= 11 is 6.04. The van der Waals surface area contributed by atoms with E-state index in [1.807, 2.05) is 17.0 Å². The van der Waals surface area contributed by atoms with Gasteiger partial charge >= 0.3 is 6.09 Å². The molecule has 2 aliphatic heterocycles. The van der Waals surface area contributed by atoms with Gasteiger partial charge in [0.2, 0.25) is 5.91 Å². The predicted octanol–water partition coefficient (Wildman–Crippen LogP) is 3.94. The van der Waals surface area contributed by atoms with Crippen molar-refractivity contribution in [2.45, 2.75) is 18.4 Å². The van der Waals surface area contributed by atoms with E-state index < -0.39 is 11.9 Å². The summed E-state index contributed by atoms with van der Waals surface area (Å²) < 4.78 is 23.9. The number of carbonyl (C=O) groups excluding carboxylic acids is 2. The Balaban J connectivity index is 1.53. The molecule has 31 heavy (non-hydrogen) atoms. The second-order valence-electron chi connectivity index (χ2n) is 7.96. The zero-order chi connectivity index (χ0) is 22.0. The highest BCUT2D eigenvalue weighted by Crippen LogP contribution is 2.33. The van der Waals surface area contributed by atoms with Gasteiger partial charge in [0, 0.05) is 37.7 Å². The Morgan fingerprint density at radius 3 is 2.48 bits per heavy atom. The topological polar surface area (TPSA) is 59.1 Å². The van der Waals surface area contributed by atoms with E-state index >= 15 is 0 Å². The van der Waals surface area contributed by atoms with Crippen LogP contribution in [0.2, 0.25) is 5.02 Å². The van der Waals surface area contributed by atoms with Crippen molar-refractivity contribution in [3.8, 4) is 5.75 Å². The highest BCUT2D eigenvalue weighted by atomic mass is 35.5. The fourth-order valence-electron chi connectivity index (χ4n) is 4.19. The summed E-state index contributed by atoms with van der Waals surface area (Å²) in [5.41, 5.74) is 0.994. The van der Waals surface area contributed by atoms with Crippen LogP contribution in [0, 0.1) is 11.7 Å². The minimum absolute atomic E-state index is 0.0549. The number of amides is 2. The van der Waals surface area contributed by atoms with Gasteiger partial charge < -0.3 is 19.3 Å². The molecule has 0 radical (unpaired) electrons. The van der Waals surface area contributed by atoms with Gasteiger partial charge in [-0.15, -0.1) is 0 Å². The number of halogens is 2. The zero-order valence-electron chi connectivity index (χ0n) is 17.2. The molecule has 0 saturated carbocycles. The summed E-state index contributed by atoms with van der Waals surface area (Å²) in [6.07, 6.45) is 0.155. The monoisotopic (exact) mass is 446 g/mol. The first-order valence-corrected chi connectivity index (χ1v) is 10.6. The Hall–Kier alpha value is -2.64. The molecule has 4 rings (SSSR count). The maximum absolute atomic E-state index is 13.1. The lowest BCUT2D eigenvalue weighted by molar-refractivity contribution is -0.134. The van der Waals surface area contributed by atoms with Gasteiger partial charge in [0.25, 0.3) is 0 Å². The van der Waals surface area contributed by atoms with E-state index in [0.717, 1.165) is 5.56 Å². The molecule has 2 amide bonds. The van der Waals surface area contributed by atoms with Crippen LogP contribution in [0.5, 0.6) is 5.75 Å². The van der Waals surface area contributed by atoms with E-state index in [0.29, 0.717) is 37.7 Å². The van der Waals surface area contributed by atoms with Crippen molar-refractivity contribution in [3.05, 3.63) is 64.9 Å². The Kier molecular flexibility index (Phi) is 6.43. The predicted molar refractivity (Wildman–Crippen MR) is 114 cm³/mol. The van der Waals surface area contributed by atoms with Crippen LogP contribution in [0.4, 0.5) is 9.18 Å². The average molecular weight is 447 g/mol. The van der Waals surface area contributed by atoms with Gasteiger partial charge in [0.1, 0.15) is 11.6 Å². The van der Waals surface area contributed by atoms with E-state index in [4.69, 9.17) is 21.1 Å². The number of hydrogen-bond acceptors (Lipinski definition) is 4. The van der Waals surface area contributed by atoms with Gasteiger partial charge in [-0.3, -0.25) is 4.79 Å². The normalized spacial score (nSPS) is 23.1.